The summed E-state index contributed by atoms with van der Waals surface area (Å²) in [6, 6.07) is 17.2. The normalized spacial score (nSPS) is 18.9. The largest absolute Gasteiger partial charge is 0.461 e. The van der Waals surface area contributed by atoms with E-state index in [1.807, 2.05) is 77.4 Å². The summed E-state index contributed by atoms with van der Waals surface area (Å²) in [6.07, 6.45) is 0.344. The first kappa shape index (κ1) is 39.6. The molecule has 3 atom stereocenters. The first-order valence-corrected chi connectivity index (χ1v) is 17.0. The van der Waals surface area contributed by atoms with Gasteiger partial charge in [0.05, 0.1) is 0 Å². The minimum Gasteiger partial charge on any atom is -0.461 e. The highest BCUT2D eigenvalue weighted by Crippen LogP contribution is 2.24. The molecule has 0 amide bonds. The van der Waals surface area contributed by atoms with Gasteiger partial charge in [0.15, 0.2) is 0 Å². The number of esters is 4. The zero-order chi connectivity index (χ0) is 36.2. The Labute approximate surface area is 291 Å². The third-order valence-electron chi connectivity index (χ3n) is 7.77. The first-order valence-electron chi connectivity index (χ1n) is 17.0. The van der Waals surface area contributed by atoms with Crippen molar-refractivity contribution in [3.63, 3.8) is 0 Å². The maximum Gasteiger partial charge on any atom is 0.323 e. The van der Waals surface area contributed by atoms with Gasteiger partial charge in [-0.3, -0.25) is 29.0 Å². The summed E-state index contributed by atoms with van der Waals surface area (Å²) >= 11 is 0. The molecule has 1 fully saturated rings. The number of carbonyl (C=O) groups excluding carboxylic acids is 4. The van der Waals surface area contributed by atoms with Crippen LogP contribution in [0.5, 0.6) is 0 Å². The van der Waals surface area contributed by atoms with Crippen LogP contribution in [0, 0.1) is 0 Å². The molecule has 2 aromatic rings. The highest BCUT2D eigenvalue weighted by molar-refractivity contribution is 5.78. The average molecular weight is 682 g/mol. The van der Waals surface area contributed by atoms with E-state index in [4.69, 9.17) is 24.7 Å². The molecule has 270 valence electrons. The minimum atomic E-state index is -0.876. The molecule has 1 aliphatic rings. The molecule has 0 saturated carbocycles. The molecule has 11 heteroatoms. The van der Waals surface area contributed by atoms with Gasteiger partial charge in [-0.25, -0.2) is 0 Å². The molecule has 1 unspecified atom stereocenters. The van der Waals surface area contributed by atoms with Gasteiger partial charge in [-0.15, -0.1) is 0 Å². The number of hydrogen-bond donors (Lipinski definition) is 1. The SMILES string of the molecule is CC1(N)CN([C@H](CCC(=O)OCc2ccccc2)C(=O)OC(C)(C)C)CCN([C@@H](CCC(=O)OCc2ccccc2)C(=O)OC(C)(C)C)C1. The summed E-state index contributed by atoms with van der Waals surface area (Å²) in [5.74, 6) is -1.77. The van der Waals surface area contributed by atoms with E-state index in [0.29, 0.717) is 26.2 Å². The van der Waals surface area contributed by atoms with Gasteiger partial charge in [0.2, 0.25) is 0 Å². The number of nitrogens with two attached hydrogens (primary N) is 1. The van der Waals surface area contributed by atoms with Crippen LogP contribution in [0.4, 0.5) is 0 Å². The third kappa shape index (κ3) is 14.7. The van der Waals surface area contributed by atoms with Crippen LogP contribution in [0.3, 0.4) is 0 Å². The van der Waals surface area contributed by atoms with E-state index in [1.54, 1.807) is 41.5 Å². The van der Waals surface area contributed by atoms with Crippen molar-refractivity contribution in [3.8, 4) is 0 Å². The van der Waals surface area contributed by atoms with E-state index in [0.717, 1.165) is 11.1 Å². The average Bonchev–Trinajstić information content (AvgIpc) is 3.16. The van der Waals surface area contributed by atoms with Crippen molar-refractivity contribution < 1.29 is 38.1 Å². The molecule has 0 bridgehead atoms. The molecule has 1 heterocycles. The molecule has 2 aromatic carbocycles. The van der Waals surface area contributed by atoms with E-state index in [2.05, 4.69) is 0 Å². The summed E-state index contributed by atoms with van der Waals surface area (Å²) in [7, 11) is 0. The van der Waals surface area contributed by atoms with Crippen LogP contribution in [0.15, 0.2) is 60.7 Å². The Morgan fingerprint density at radius 3 is 1.35 bits per heavy atom. The summed E-state index contributed by atoms with van der Waals surface area (Å²) < 4.78 is 22.6. The molecular formula is C38H55N3O8. The molecule has 1 aliphatic heterocycles. The summed E-state index contributed by atoms with van der Waals surface area (Å²) in [4.78, 5) is 56.6. The fourth-order valence-corrected chi connectivity index (χ4v) is 5.69. The second-order valence-corrected chi connectivity index (χ2v) is 15.1. The number of rotatable bonds is 14. The fourth-order valence-electron chi connectivity index (χ4n) is 5.69. The van der Waals surface area contributed by atoms with Crippen molar-refractivity contribution >= 4 is 23.9 Å². The molecule has 2 N–H and O–H groups in total. The molecule has 0 aliphatic carbocycles. The quantitative estimate of drug-likeness (QED) is 0.218. The molecule has 0 aromatic heterocycles. The van der Waals surface area contributed by atoms with Crippen LogP contribution in [0.25, 0.3) is 0 Å². The fraction of sp³-hybridized carbons (Fsp3) is 0.579. The Bertz CT molecular complexity index is 1270. The maximum atomic E-state index is 13.6. The monoisotopic (exact) mass is 681 g/mol. The molecular weight excluding hydrogens is 626 g/mol. The van der Waals surface area contributed by atoms with Gasteiger partial charge in [0.1, 0.15) is 36.5 Å². The van der Waals surface area contributed by atoms with Gasteiger partial charge in [0, 0.05) is 44.6 Å². The highest BCUT2D eigenvalue weighted by Gasteiger charge is 2.41. The molecule has 11 nitrogen and oxygen atoms in total. The number of hydrogen-bond acceptors (Lipinski definition) is 11. The lowest BCUT2D eigenvalue weighted by atomic mass is 9.99. The van der Waals surface area contributed by atoms with Gasteiger partial charge in [-0.2, -0.15) is 0 Å². The van der Waals surface area contributed by atoms with E-state index in [9.17, 15) is 19.2 Å². The van der Waals surface area contributed by atoms with Crippen molar-refractivity contribution in [3.05, 3.63) is 71.8 Å². The predicted octanol–water partition coefficient (Wildman–Crippen LogP) is 4.79. The predicted molar refractivity (Wildman–Crippen MR) is 186 cm³/mol. The van der Waals surface area contributed by atoms with Crippen molar-refractivity contribution in [1.29, 1.82) is 0 Å². The van der Waals surface area contributed by atoms with Crippen LogP contribution in [-0.4, -0.2) is 88.7 Å². The van der Waals surface area contributed by atoms with Crippen molar-refractivity contribution in [2.24, 2.45) is 5.73 Å². The third-order valence-corrected chi connectivity index (χ3v) is 7.77. The standard InChI is InChI=1S/C38H55N3O8/c1-36(2,3)48-34(44)30(18-20-32(42)46-24-28-14-10-8-11-15-28)40-22-23-41(27-38(7,39)26-40)31(35(45)49-37(4,5)6)19-21-33(43)47-25-29-16-12-9-13-17-29/h8-17,30-31H,18-27,39H2,1-7H3/t30-,31+,38?. The summed E-state index contributed by atoms with van der Waals surface area (Å²) in [5.41, 5.74) is 6.23. The number of carbonyl (C=O) groups is 4. The number of benzene rings is 2. The van der Waals surface area contributed by atoms with Gasteiger partial charge >= 0.3 is 23.9 Å². The van der Waals surface area contributed by atoms with Gasteiger partial charge in [-0.1, -0.05) is 60.7 Å². The summed E-state index contributed by atoms with van der Waals surface area (Å²) in [5, 5.41) is 0. The second kappa shape index (κ2) is 17.7. The maximum absolute atomic E-state index is 13.6. The number of ether oxygens (including phenoxy) is 4. The lowest BCUT2D eigenvalue weighted by Gasteiger charge is -2.36. The van der Waals surface area contributed by atoms with Crippen LogP contribution < -0.4 is 5.73 Å². The lowest BCUT2D eigenvalue weighted by molar-refractivity contribution is -0.164. The molecule has 1 saturated heterocycles. The lowest BCUT2D eigenvalue weighted by Crippen LogP contribution is -2.56. The molecule has 0 spiro atoms. The second-order valence-electron chi connectivity index (χ2n) is 15.1. The topological polar surface area (TPSA) is 138 Å². The van der Waals surface area contributed by atoms with Crippen LogP contribution >= 0.6 is 0 Å². The molecule has 49 heavy (non-hydrogen) atoms. The van der Waals surface area contributed by atoms with Gasteiger partial charge in [0.25, 0.3) is 0 Å². The smallest absolute Gasteiger partial charge is 0.323 e. The highest BCUT2D eigenvalue weighted by atomic mass is 16.6. The van der Waals surface area contributed by atoms with E-state index < -0.39 is 52.7 Å². The molecule has 0 radical (unpaired) electrons. The van der Waals surface area contributed by atoms with Crippen molar-refractivity contribution in [2.75, 3.05) is 26.2 Å². The number of nitrogens with zero attached hydrogens (tertiary/aromatic N) is 2. The Hall–Kier alpha value is -3.80. The minimum absolute atomic E-state index is 0.00384. The van der Waals surface area contributed by atoms with Gasteiger partial charge in [-0.05, 0) is 72.4 Å². The van der Waals surface area contributed by atoms with Crippen molar-refractivity contribution in [2.45, 2.75) is 116 Å². The van der Waals surface area contributed by atoms with Crippen LogP contribution in [0.1, 0.15) is 85.3 Å². The Balaban J connectivity index is 1.75. The van der Waals surface area contributed by atoms with Gasteiger partial charge < -0.3 is 24.7 Å². The van der Waals surface area contributed by atoms with E-state index in [1.165, 1.54) is 0 Å². The first-order chi connectivity index (χ1) is 22.9. The zero-order valence-electron chi connectivity index (χ0n) is 30.2. The molecule has 3 rings (SSSR count). The Morgan fingerprint density at radius 2 is 1.02 bits per heavy atom. The zero-order valence-corrected chi connectivity index (χ0v) is 30.2. The van der Waals surface area contributed by atoms with E-state index in [-0.39, 0.29) is 38.9 Å². The van der Waals surface area contributed by atoms with E-state index >= 15 is 0 Å². The summed E-state index contributed by atoms with van der Waals surface area (Å²) in [6.45, 7) is 14.2. The Kier molecular flexibility index (Phi) is 14.3. The van der Waals surface area contributed by atoms with Crippen LogP contribution in [0.2, 0.25) is 0 Å². The Morgan fingerprint density at radius 1 is 0.673 bits per heavy atom. The van der Waals surface area contributed by atoms with Crippen molar-refractivity contribution in [1.82, 2.24) is 9.80 Å². The van der Waals surface area contributed by atoms with Crippen LogP contribution in [-0.2, 0) is 51.3 Å².